The summed E-state index contributed by atoms with van der Waals surface area (Å²) in [5.74, 6) is 1.68. The van der Waals surface area contributed by atoms with Gasteiger partial charge < -0.3 is 14.4 Å². The number of hydrogen-bond acceptors (Lipinski definition) is 4. The minimum Gasteiger partial charge on any atom is -0.493 e. The third kappa shape index (κ3) is 4.46. The van der Waals surface area contributed by atoms with Crippen LogP contribution in [-0.4, -0.2) is 55.1 Å². The van der Waals surface area contributed by atoms with Crippen LogP contribution < -0.4 is 9.47 Å². The molecule has 1 atom stereocenters. The van der Waals surface area contributed by atoms with Crippen LogP contribution in [-0.2, 0) is 4.79 Å². The molecule has 1 aromatic carbocycles. The topological polar surface area (TPSA) is 42.0 Å². The lowest BCUT2D eigenvalue weighted by Crippen LogP contribution is -2.47. The third-order valence-corrected chi connectivity index (χ3v) is 4.90. The first-order valence-corrected chi connectivity index (χ1v) is 9.16. The highest BCUT2D eigenvalue weighted by Crippen LogP contribution is 2.36. The van der Waals surface area contributed by atoms with Gasteiger partial charge in [-0.05, 0) is 64.8 Å². The molecule has 5 nitrogen and oxygen atoms in total. The monoisotopic (exact) mass is 348 g/mol. The van der Waals surface area contributed by atoms with Crippen molar-refractivity contribution >= 4 is 5.91 Å². The fraction of sp³-hybridized carbons (Fsp3) is 0.650. The predicted molar refractivity (Wildman–Crippen MR) is 100 cm³/mol. The number of hydrogen-bond donors (Lipinski definition) is 0. The van der Waals surface area contributed by atoms with Crippen LogP contribution in [0.3, 0.4) is 0 Å². The molecule has 5 heteroatoms. The number of amides is 1. The quantitative estimate of drug-likeness (QED) is 0.756. The molecule has 0 saturated carbocycles. The van der Waals surface area contributed by atoms with Crippen LogP contribution >= 0.6 is 0 Å². The molecule has 0 aromatic heterocycles. The number of carbonyl (C=O) groups excluding carboxylic acids is 1. The summed E-state index contributed by atoms with van der Waals surface area (Å²) < 4.78 is 10.8. The number of ether oxygens (including phenoxy) is 2. The van der Waals surface area contributed by atoms with E-state index >= 15 is 0 Å². The van der Waals surface area contributed by atoms with Gasteiger partial charge in [0, 0.05) is 18.1 Å². The standard InChI is InChI=1S/C20H32N2O3/c1-14(2)22(15(3)4)20(23)13-21-11-7-8-17(21)16-9-10-18(24-5)19(12-16)25-6/h9-10,12,14-15,17H,7-8,11,13H2,1-6H3. The van der Waals surface area contributed by atoms with Crippen LogP contribution in [0.5, 0.6) is 11.5 Å². The van der Waals surface area contributed by atoms with Gasteiger partial charge in [0.1, 0.15) is 0 Å². The minimum atomic E-state index is 0.206. The molecule has 1 saturated heterocycles. The number of benzene rings is 1. The van der Waals surface area contributed by atoms with Crippen molar-refractivity contribution in [1.29, 1.82) is 0 Å². The van der Waals surface area contributed by atoms with E-state index in [0.717, 1.165) is 30.9 Å². The molecule has 0 aliphatic carbocycles. The Morgan fingerprint density at radius 1 is 1.16 bits per heavy atom. The van der Waals surface area contributed by atoms with Crippen LogP contribution in [0, 0.1) is 0 Å². The second kappa shape index (κ2) is 8.56. The molecule has 1 amide bonds. The zero-order valence-electron chi connectivity index (χ0n) is 16.4. The molecule has 25 heavy (non-hydrogen) atoms. The molecule has 1 aromatic rings. The summed E-state index contributed by atoms with van der Waals surface area (Å²) >= 11 is 0. The van der Waals surface area contributed by atoms with Gasteiger partial charge in [-0.25, -0.2) is 0 Å². The largest absolute Gasteiger partial charge is 0.493 e. The van der Waals surface area contributed by atoms with Crippen molar-refractivity contribution < 1.29 is 14.3 Å². The normalized spacial score (nSPS) is 18.0. The van der Waals surface area contributed by atoms with Gasteiger partial charge in [-0.15, -0.1) is 0 Å². The zero-order valence-corrected chi connectivity index (χ0v) is 16.4. The zero-order chi connectivity index (χ0) is 18.6. The van der Waals surface area contributed by atoms with E-state index < -0.39 is 0 Å². The van der Waals surface area contributed by atoms with Crippen LogP contribution in [0.2, 0.25) is 0 Å². The summed E-state index contributed by atoms with van der Waals surface area (Å²) in [4.78, 5) is 17.1. The molecule has 0 bridgehead atoms. The van der Waals surface area contributed by atoms with Gasteiger partial charge in [-0.2, -0.15) is 0 Å². The molecular formula is C20H32N2O3. The van der Waals surface area contributed by atoms with E-state index in [0.29, 0.717) is 6.54 Å². The molecule has 0 N–H and O–H groups in total. The Kier molecular flexibility index (Phi) is 6.71. The summed E-state index contributed by atoms with van der Waals surface area (Å²) in [5.41, 5.74) is 1.18. The van der Waals surface area contributed by atoms with Gasteiger partial charge in [0.25, 0.3) is 0 Å². The average Bonchev–Trinajstić information content (AvgIpc) is 3.01. The lowest BCUT2D eigenvalue weighted by molar-refractivity contribution is -0.136. The Hall–Kier alpha value is -1.75. The van der Waals surface area contributed by atoms with Crippen LogP contribution in [0.1, 0.15) is 52.1 Å². The predicted octanol–water partition coefficient (Wildman–Crippen LogP) is 3.49. The molecule has 0 radical (unpaired) electrons. The molecular weight excluding hydrogens is 316 g/mol. The Bertz CT molecular complexity index is 578. The summed E-state index contributed by atoms with van der Waals surface area (Å²) in [6.07, 6.45) is 2.17. The van der Waals surface area contributed by atoms with Crippen molar-refractivity contribution in [2.45, 2.75) is 58.7 Å². The maximum Gasteiger partial charge on any atom is 0.237 e. The van der Waals surface area contributed by atoms with Crippen molar-refractivity contribution in [2.75, 3.05) is 27.3 Å². The Morgan fingerprint density at radius 3 is 2.36 bits per heavy atom. The minimum absolute atomic E-state index is 0.206. The van der Waals surface area contributed by atoms with Crippen molar-refractivity contribution in [3.8, 4) is 11.5 Å². The van der Waals surface area contributed by atoms with Gasteiger partial charge in [-0.1, -0.05) is 6.07 Å². The second-order valence-corrected chi connectivity index (χ2v) is 7.23. The number of likely N-dealkylation sites (tertiary alicyclic amines) is 1. The second-order valence-electron chi connectivity index (χ2n) is 7.23. The van der Waals surface area contributed by atoms with Gasteiger partial charge in [-0.3, -0.25) is 9.69 Å². The van der Waals surface area contributed by atoms with E-state index in [9.17, 15) is 4.79 Å². The number of carbonyl (C=O) groups is 1. The molecule has 0 spiro atoms. The van der Waals surface area contributed by atoms with Crippen molar-refractivity contribution in [3.05, 3.63) is 23.8 Å². The first kappa shape index (κ1) is 19.6. The maximum atomic E-state index is 12.8. The highest BCUT2D eigenvalue weighted by molar-refractivity contribution is 5.79. The van der Waals surface area contributed by atoms with Gasteiger partial charge in [0.2, 0.25) is 5.91 Å². The number of rotatable bonds is 7. The Morgan fingerprint density at radius 2 is 1.80 bits per heavy atom. The van der Waals surface area contributed by atoms with Crippen molar-refractivity contribution in [1.82, 2.24) is 9.80 Å². The van der Waals surface area contributed by atoms with Gasteiger partial charge >= 0.3 is 0 Å². The molecule has 140 valence electrons. The molecule has 1 aliphatic heterocycles. The first-order chi connectivity index (χ1) is 11.9. The fourth-order valence-electron chi connectivity index (χ4n) is 3.88. The summed E-state index contributed by atoms with van der Waals surface area (Å²) in [5, 5.41) is 0. The van der Waals surface area contributed by atoms with E-state index in [1.54, 1.807) is 14.2 Å². The smallest absolute Gasteiger partial charge is 0.237 e. The molecule has 1 heterocycles. The summed E-state index contributed by atoms with van der Waals surface area (Å²) in [6, 6.07) is 6.75. The highest BCUT2D eigenvalue weighted by atomic mass is 16.5. The van der Waals surface area contributed by atoms with Crippen LogP contribution in [0.15, 0.2) is 18.2 Å². The SMILES string of the molecule is COc1ccc(C2CCCN2CC(=O)N(C(C)C)C(C)C)cc1OC. The van der Waals surface area contributed by atoms with Gasteiger partial charge in [0.15, 0.2) is 11.5 Å². The summed E-state index contributed by atoms with van der Waals surface area (Å²) in [7, 11) is 3.30. The van der Waals surface area contributed by atoms with E-state index in [1.165, 1.54) is 5.56 Å². The average molecular weight is 348 g/mol. The lowest BCUT2D eigenvalue weighted by atomic mass is 10.0. The van der Waals surface area contributed by atoms with Crippen LogP contribution in [0.25, 0.3) is 0 Å². The van der Waals surface area contributed by atoms with E-state index in [4.69, 9.17) is 9.47 Å². The highest BCUT2D eigenvalue weighted by Gasteiger charge is 2.30. The summed E-state index contributed by atoms with van der Waals surface area (Å²) in [6.45, 7) is 9.73. The lowest BCUT2D eigenvalue weighted by Gasteiger charge is -2.34. The molecule has 1 aliphatic rings. The van der Waals surface area contributed by atoms with Gasteiger partial charge in [0.05, 0.1) is 20.8 Å². The van der Waals surface area contributed by atoms with E-state index in [-0.39, 0.29) is 24.0 Å². The number of nitrogens with zero attached hydrogens (tertiary/aromatic N) is 2. The van der Waals surface area contributed by atoms with E-state index in [2.05, 4.69) is 38.7 Å². The molecule has 1 fully saturated rings. The first-order valence-electron chi connectivity index (χ1n) is 9.16. The van der Waals surface area contributed by atoms with E-state index in [1.807, 2.05) is 17.0 Å². The maximum absolute atomic E-state index is 12.8. The molecule has 2 rings (SSSR count). The van der Waals surface area contributed by atoms with Crippen molar-refractivity contribution in [3.63, 3.8) is 0 Å². The third-order valence-electron chi connectivity index (χ3n) is 4.90. The van der Waals surface area contributed by atoms with Crippen LogP contribution in [0.4, 0.5) is 0 Å². The molecule has 1 unspecified atom stereocenters. The van der Waals surface area contributed by atoms with Crippen molar-refractivity contribution in [2.24, 2.45) is 0 Å². The Balaban J connectivity index is 2.16. The number of methoxy groups -OCH3 is 2. The Labute approximate surface area is 151 Å². The fourth-order valence-corrected chi connectivity index (χ4v) is 3.88.